The van der Waals surface area contributed by atoms with E-state index >= 15 is 0 Å². The van der Waals surface area contributed by atoms with Crippen molar-refractivity contribution in [2.45, 2.75) is 51.3 Å². The molecule has 1 fully saturated rings. The van der Waals surface area contributed by atoms with Gasteiger partial charge in [-0.3, -0.25) is 4.79 Å². The molecule has 4 atom stereocenters. The molecule has 8 heteroatoms. The first-order valence-corrected chi connectivity index (χ1v) is 10.7. The molecule has 1 unspecified atom stereocenters. The Balaban J connectivity index is 2.02. The van der Waals surface area contributed by atoms with Gasteiger partial charge in [-0.1, -0.05) is 31.2 Å². The number of ether oxygens (including phenoxy) is 5. The average Bonchev–Trinajstić information content (AvgIpc) is 3.07. The number of fused-ring (bicyclic) bond motifs is 2. The summed E-state index contributed by atoms with van der Waals surface area (Å²) < 4.78 is 28.1. The third-order valence-electron chi connectivity index (χ3n) is 5.35. The number of carbonyl (C=O) groups is 1. The van der Waals surface area contributed by atoms with Crippen LogP contribution in [0.1, 0.15) is 43.1 Å². The number of methoxy groups -OCH3 is 2. The topological polar surface area (TPSA) is 95.5 Å². The Labute approximate surface area is 189 Å². The van der Waals surface area contributed by atoms with Crippen LogP contribution >= 0.6 is 0 Å². The van der Waals surface area contributed by atoms with Crippen LogP contribution in [0.15, 0.2) is 30.4 Å². The van der Waals surface area contributed by atoms with Crippen LogP contribution in [0.3, 0.4) is 0 Å². The fourth-order valence-electron chi connectivity index (χ4n) is 3.83. The van der Waals surface area contributed by atoms with Crippen LogP contribution in [0.2, 0.25) is 0 Å². The summed E-state index contributed by atoms with van der Waals surface area (Å²) in [6.45, 7) is 6.01. The van der Waals surface area contributed by atoms with Gasteiger partial charge in [0.05, 0.1) is 18.8 Å². The maximum atomic E-state index is 13.1. The lowest BCUT2D eigenvalue weighted by Gasteiger charge is -2.21. The molecule has 2 heterocycles. The van der Waals surface area contributed by atoms with Gasteiger partial charge >= 0.3 is 0 Å². The Hall–Kier alpha value is -2.39. The molecule has 1 aromatic carbocycles. The smallest absolute Gasteiger partial charge is 0.255 e. The molecule has 0 bridgehead atoms. The lowest BCUT2D eigenvalue weighted by atomic mass is 9.99. The molecule has 0 radical (unpaired) electrons. The highest BCUT2D eigenvalue weighted by Crippen LogP contribution is 2.34. The Morgan fingerprint density at radius 1 is 1.22 bits per heavy atom. The number of carbonyl (C=O) groups excluding carboxylic acids is 1. The molecule has 1 aromatic rings. The van der Waals surface area contributed by atoms with Gasteiger partial charge in [0.15, 0.2) is 12.6 Å². The number of nitrogens with one attached hydrogen (secondary N) is 1. The molecule has 0 spiro atoms. The minimum Gasteiger partial charge on any atom is -0.497 e. The first-order chi connectivity index (χ1) is 15.2. The van der Waals surface area contributed by atoms with Gasteiger partial charge in [-0.05, 0) is 37.8 Å². The van der Waals surface area contributed by atoms with E-state index in [1.165, 1.54) is 7.11 Å². The van der Waals surface area contributed by atoms with E-state index in [1.807, 2.05) is 39.0 Å². The van der Waals surface area contributed by atoms with E-state index in [0.717, 1.165) is 0 Å². The third kappa shape index (κ3) is 5.89. The van der Waals surface area contributed by atoms with Crippen molar-refractivity contribution in [1.29, 1.82) is 0 Å². The maximum Gasteiger partial charge on any atom is 0.255 e. The molecule has 32 heavy (non-hydrogen) atoms. The zero-order chi connectivity index (χ0) is 23.3. The van der Waals surface area contributed by atoms with Gasteiger partial charge in [0, 0.05) is 19.7 Å². The van der Waals surface area contributed by atoms with E-state index in [4.69, 9.17) is 23.7 Å². The molecule has 176 valence electrons. The van der Waals surface area contributed by atoms with Crippen LogP contribution in [0.5, 0.6) is 11.5 Å². The van der Waals surface area contributed by atoms with E-state index in [1.54, 1.807) is 25.3 Å². The fraction of sp³-hybridized carbons (Fsp3) is 0.542. The van der Waals surface area contributed by atoms with E-state index in [0.29, 0.717) is 35.6 Å². The predicted molar refractivity (Wildman–Crippen MR) is 120 cm³/mol. The van der Waals surface area contributed by atoms with Crippen molar-refractivity contribution in [2.75, 3.05) is 27.6 Å². The maximum absolute atomic E-state index is 13.1. The molecule has 2 N–H and O–H groups in total. The molecule has 2 aliphatic heterocycles. The van der Waals surface area contributed by atoms with Crippen molar-refractivity contribution in [3.8, 4) is 11.5 Å². The van der Waals surface area contributed by atoms with Crippen molar-refractivity contribution in [3.63, 3.8) is 0 Å². The Morgan fingerprint density at radius 2 is 2.00 bits per heavy atom. The first kappa shape index (κ1) is 24.3. The lowest BCUT2D eigenvalue weighted by molar-refractivity contribution is -0.152. The van der Waals surface area contributed by atoms with Crippen LogP contribution in [0.4, 0.5) is 0 Å². The molecular formula is C24H33NO7. The molecule has 2 aliphatic rings. The third-order valence-corrected chi connectivity index (χ3v) is 5.35. The van der Waals surface area contributed by atoms with Crippen LogP contribution in [-0.4, -0.2) is 62.7 Å². The number of aliphatic hydroxyl groups excluding tert-OH is 1. The molecule has 0 aliphatic carbocycles. The predicted octanol–water partition coefficient (Wildman–Crippen LogP) is 2.90. The van der Waals surface area contributed by atoms with E-state index in [2.05, 4.69) is 5.32 Å². The van der Waals surface area contributed by atoms with E-state index < -0.39 is 18.0 Å². The average molecular weight is 448 g/mol. The van der Waals surface area contributed by atoms with Crippen molar-refractivity contribution in [1.82, 2.24) is 5.32 Å². The number of hydrogen-bond donors (Lipinski definition) is 2. The van der Waals surface area contributed by atoms with Crippen LogP contribution in [0.25, 0.3) is 6.08 Å². The highest BCUT2D eigenvalue weighted by atomic mass is 16.8. The number of aliphatic hydroxyl groups is 1. The summed E-state index contributed by atoms with van der Waals surface area (Å²) in [6.07, 6.45) is 6.14. The van der Waals surface area contributed by atoms with Gasteiger partial charge in [-0.15, -0.1) is 0 Å². The summed E-state index contributed by atoms with van der Waals surface area (Å²) in [5, 5.41) is 13.6. The SMILES string of the molecule is COCOc1cc(OC)cc2c1C(=O)NC[C@H](C)C=CC(O)[C@H]1OC(C)(C)O[C@H]1CC=C2. The second-order valence-corrected chi connectivity index (χ2v) is 8.48. The molecule has 0 aromatic heterocycles. The first-order valence-electron chi connectivity index (χ1n) is 10.7. The largest absolute Gasteiger partial charge is 0.497 e. The summed E-state index contributed by atoms with van der Waals surface area (Å²) >= 11 is 0. The van der Waals surface area contributed by atoms with Gasteiger partial charge in [-0.2, -0.15) is 0 Å². The summed E-state index contributed by atoms with van der Waals surface area (Å²) in [6, 6.07) is 3.45. The Kier molecular flexibility index (Phi) is 7.95. The summed E-state index contributed by atoms with van der Waals surface area (Å²) in [5.41, 5.74) is 1.04. The van der Waals surface area contributed by atoms with Crippen LogP contribution in [0, 0.1) is 5.92 Å². The van der Waals surface area contributed by atoms with Gasteiger partial charge in [0.25, 0.3) is 5.91 Å². The Bertz CT molecular complexity index is 864. The van der Waals surface area contributed by atoms with Crippen LogP contribution in [-0.2, 0) is 14.2 Å². The van der Waals surface area contributed by atoms with Crippen molar-refractivity contribution in [3.05, 3.63) is 41.5 Å². The number of rotatable bonds is 4. The van der Waals surface area contributed by atoms with Crippen molar-refractivity contribution < 1.29 is 33.6 Å². The normalized spacial score (nSPS) is 27.8. The molecule has 0 saturated carbocycles. The quantitative estimate of drug-likeness (QED) is 0.541. The molecule has 3 rings (SSSR count). The molecular weight excluding hydrogens is 414 g/mol. The van der Waals surface area contributed by atoms with Crippen molar-refractivity contribution in [2.24, 2.45) is 5.92 Å². The van der Waals surface area contributed by atoms with Gasteiger partial charge in [-0.25, -0.2) is 0 Å². The second-order valence-electron chi connectivity index (χ2n) is 8.48. The fourth-order valence-corrected chi connectivity index (χ4v) is 3.83. The minimum atomic E-state index is -0.822. The minimum absolute atomic E-state index is 0.00233. The summed E-state index contributed by atoms with van der Waals surface area (Å²) in [5.74, 6) is -0.146. The second kappa shape index (κ2) is 10.5. The standard InChI is InChI=1S/C24H33NO7/c1-15-9-10-18(26)22-19(31-24(2,3)32-22)8-6-7-16-11-17(29-5)12-20(30-14-28-4)21(16)23(27)25-13-15/h6-7,9-12,15,18-19,22,26H,8,13-14H2,1-5H3,(H,25,27)/t15-,18?,19+,22-/m1/s1. The van der Waals surface area contributed by atoms with Crippen LogP contribution < -0.4 is 14.8 Å². The summed E-state index contributed by atoms with van der Waals surface area (Å²) in [7, 11) is 3.07. The van der Waals surface area contributed by atoms with E-state index in [9.17, 15) is 9.90 Å². The van der Waals surface area contributed by atoms with Gasteiger partial charge in [0.1, 0.15) is 23.7 Å². The van der Waals surface area contributed by atoms with E-state index in [-0.39, 0.29) is 24.7 Å². The molecule has 1 amide bonds. The number of hydrogen-bond acceptors (Lipinski definition) is 7. The number of amides is 1. The van der Waals surface area contributed by atoms with Crippen molar-refractivity contribution >= 4 is 12.0 Å². The highest BCUT2D eigenvalue weighted by Gasteiger charge is 2.43. The monoisotopic (exact) mass is 447 g/mol. The Morgan fingerprint density at radius 3 is 2.72 bits per heavy atom. The zero-order valence-corrected chi connectivity index (χ0v) is 19.3. The van der Waals surface area contributed by atoms with Gasteiger partial charge < -0.3 is 34.1 Å². The summed E-state index contributed by atoms with van der Waals surface area (Å²) in [4.78, 5) is 13.1. The molecule has 8 nitrogen and oxygen atoms in total. The highest BCUT2D eigenvalue weighted by molar-refractivity contribution is 6.00. The molecule has 1 saturated heterocycles. The number of benzene rings is 1. The zero-order valence-electron chi connectivity index (χ0n) is 19.3. The van der Waals surface area contributed by atoms with Gasteiger partial charge in [0.2, 0.25) is 0 Å². The lowest BCUT2D eigenvalue weighted by Crippen LogP contribution is -2.34.